The van der Waals surface area contributed by atoms with Gasteiger partial charge in [-0.2, -0.15) is 10.4 Å². The summed E-state index contributed by atoms with van der Waals surface area (Å²) in [5.74, 6) is -0.805. The van der Waals surface area contributed by atoms with Crippen LogP contribution in [0, 0.1) is 34.0 Å². The third-order valence-corrected chi connectivity index (χ3v) is 7.48. The Bertz CT molecular complexity index is 1210. The van der Waals surface area contributed by atoms with Gasteiger partial charge in [0.05, 0.1) is 18.0 Å². The van der Waals surface area contributed by atoms with Crippen LogP contribution in [0.2, 0.25) is 0 Å². The molecule has 2 N–H and O–H groups in total. The number of carbonyl (C=O) groups excluding carboxylic acids is 3. The molecule has 2 aromatic rings. The highest BCUT2D eigenvalue weighted by Gasteiger charge is 2.69. The maximum absolute atomic E-state index is 13.7. The lowest BCUT2D eigenvalue weighted by Gasteiger charge is -2.37. The molecule has 10 nitrogen and oxygen atoms in total. The predicted octanol–water partition coefficient (Wildman–Crippen LogP) is 1.98. The van der Waals surface area contributed by atoms with E-state index in [2.05, 4.69) is 40.6 Å². The number of rotatable bonds is 6. The standard InChI is InChI=1S/C26H33N7O3/c1-15(34)30-22(25(2,3)4)24(36)32-14-18-20(26(18,5)6)21(32)23(35)31-19(11-27)16-10-17(13-28-12-16)33-9-7-8-29-33/h7-10,12-13,18-22H,14H2,1-6H3,(H,30,34)(H,31,35)/t18-,19?,20-,21-,22+/m0/s1. The number of piperidine rings is 1. The van der Waals surface area contributed by atoms with Gasteiger partial charge in [0, 0.05) is 37.6 Å². The number of nitriles is 1. The largest absolute Gasteiger partial charge is 0.344 e. The lowest BCUT2D eigenvalue weighted by atomic mass is 9.85. The van der Waals surface area contributed by atoms with Crippen molar-refractivity contribution in [1.82, 2.24) is 30.3 Å². The van der Waals surface area contributed by atoms with Crippen molar-refractivity contribution in [1.29, 1.82) is 5.26 Å². The zero-order valence-electron chi connectivity index (χ0n) is 21.5. The van der Waals surface area contributed by atoms with E-state index in [4.69, 9.17) is 0 Å². The minimum Gasteiger partial charge on any atom is -0.344 e. The summed E-state index contributed by atoms with van der Waals surface area (Å²) >= 11 is 0. The van der Waals surface area contributed by atoms with Gasteiger partial charge in [0.2, 0.25) is 17.7 Å². The van der Waals surface area contributed by atoms with E-state index in [0.29, 0.717) is 17.8 Å². The molecule has 10 heteroatoms. The van der Waals surface area contributed by atoms with E-state index >= 15 is 0 Å². The molecular formula is C26H33N7O3. The van der Waals surface area contributed by atoms with Gasteiger partial charge in [-0.1, -0.05) is 34.6 Å². The Balaban J connectivity index is 1.59. The predicted molar refractivity (Wildman–Crippen MR) is 131 cm³/mol. The lowest BCUT2D eigenvalue weighted by Crippen LogP contribution is -2.59. The third-order valence-electron chi connectivity index (χ3n) is 7.48. The molecule has 2 aromatic heterocycles. The van der Waals surface area contributed by atoms with Gasteiger partial charge in [-0.25, -0.2) is 4.68 Å². The fourth-order valence-corrected chi connectivity index (χ4v) is 5.40. The summed E-state index contributed by atoms with van der Waals surface area (Å²) in [6.07, 6.45) is 6.56. The van der Waals surface area contributed by atoms with Crippen molar-refractivity contribution in [2.75, 3.05) is 6.54 Å². The first-order valence-electron chi connectivity index (χ1n) is 12.1. The number of amides is 3. The van der Waals surface area contributed by atoms with E-state index in [1.54, 1.807) is 40.3 Å². The molecule has 36 heavy (non-hydrogen) atoms. The number of hydrogen-bond acceptors (Lipinski definition) is 6. The molecule has 190 valence electrons. The van der Waals surface area contributed by atoms with E-state index in [9.17, 15) is 19.6 Å². The second-order valence-corrected chi connectivity index (χ2v) is 11.4. The van der Waals surface area contributed by atoms with Gasteiger partial charge >= 0.3 is 0 Å². The highest BCUT2D eigenvalue weighted by Crippen LogP contribution is 2.65. The van der Waals surface area contributed by atoms with E-state index in [1.807, 2.05) is 20.8 Å². The van der Waals surface area contributed by atoms with Gasteiger partial charge in [-0.3, -0.25) is 19.4 Å². The minimum absolute atomic E-state index is 0.0210. The summed E-state index contributed by atoms with van der Waals surface area (Å²) in [4.78, 5) is 45.0. The number of aromatic nitrogens is 3. The minimum atomic E-state index is -0.952. The van der Waals surface area contributed by atoms with Crippen molar-refractivity contribution in [2.45, 2.75) is 59.7 Å². The molecule has 4 rings (SSSR count). The molecule has 1 aliphatic heterocycles. The van der Waals surface area contributed by atoms with E-state index in [0.717, 1.165) is 0 Å². The van der Waals surface area contributed by atoms with Crippen molar-refractivity contribution in [2.24, 2.45) is 22.7 Å². The molecule has 3 amide bonds. The van der Waals surface area contributed by atoms with Crippen molar-refractivity contribution >= 4 is 17.7 Å². The Morgan fingerprint density at radius 3 is 2.53 bits per heavy atom. The first-order valence-corrected chi connectivity index (χ1v) is 12.1. The van der Waals surface area contributed by atoms with Crippen LogP contribution in [0.25, 0.3) is 5.69 Å². The first kappa shape index (κ1) is 25.4. The molecule has 5 atom stereocenters. The number of carbonyl (C=O) groups is 3. The second kappa shape index (κ2) is 9.04. The zero-order chi connectivity index (χ0) is 26.4. The molecule has 0 aromatic carbocycles. The summed E-state index contributed by atoms with van der Waals surface area (Å²) in [6, 6.07) is 3.23. The molecular weight excluding hydrogens is 458 g/mol. The lowest BCUT2D eigenvalue weighted by molar-refractivity contribution is -0.145. The number of pyridine rings is 1. The fraction of sp³-hybridized carbons (Fsp3) is 0.538. The Morgan fingerprint density at radius 1 is 1.22 bits per heavy atom. The van der Waals surface area contributed by atoms with Crippen LogP contribution in [-0.4, -0.2) is 56.0 Å². The maximum Gasteiger partial charge on any atom is 0.246 e. The SMILES string of the molecule is CC(=O)N[C@H](C(=O)N1C[C@H]2[C@@H]([C@H]1C(=O)NC(C#N)c1cncc(-n3cccn3)c1)C2(C)C)C(C)(C)C. The molecule has 2 aliphatic rings. The quantitative estimate of drug-likeness (QED) is 0.635. The molecule has 3 heterocycles. The summed E-state index contributed by atoms with van der Waals surface area (Å²) in [5.41, 5.74) is 0.552. The molecule has 0 spiro atoms. The average Bonchev–Trinajstić information content (AvgIpc) is 3.27. The molecule has 0 bridgehead atoms. The molecule has 0 radical (unpaired) electrons. The van der Waals surface area contributed by atoms with Crippen LogP contribution >= 0.6 is 0 Å². The molecule has 1 saturated heterocycles. The average molecular weight is 492 g/mol. The van der Waals surface area contributed by atoms with E-state index in [-0.39, 0.29) is 35.0 Å². The van der Waals surface area contributed by atoms with E-state index in [1.165, 1.54) is 13.1 Å². The number of hydrogen-bond donors (Lipinski definition) is 2. The van der Waals surface area contributed by atoms with Gasteiger partial charge < -0.3 is 15.5 Å². The Morgan fingerprint density at radius 2 is 1.94 bits per heavy atom. The van der Waals surface area contributed by atoms with Crippen LogP contribution in [0.3, 0.4) is 0 Å². The number of nitrogens with zero attached hydrogens (tertiary/aromatic N) is 5. The molecule has 1 unspecified atom stereocenters. The topological polar surface area (TPSA) is 133 Å². The van der Waals surface area contributed by atoms with Crippen LogP contribution in [0.15, 0.2) is 36.9 Å². The van der Waals surface area contributed by atoms with Crippen molar-refractivity contribution < 1.29 is 14.4 Å². The number of nitrogens with one attached hydrogen (secondary N) is 2. The van der Waals surface area contributed by atoms with Crippen LogP contribution < -0.4 is 10.6 Å². The first-order chi connectivity index (χ1) is 16.9. The summed E-state index contributed by atoms with van der Waals surface area (Å²) < 4.78 is 1.62. The van der Waals surface area contributed by atoms with Gasteiger partial charge in [0.15, 0.2) is 0 Å². The Hall–Kier alpha value is -3.74. The number of fused-ring (bicyclic) bond motifs is 1. The second-order valence-electron chi connectivity index (χ2n) is 11.4. The zero-order valence-corrected chi connectivity index (χ0v) is 21.5. The summed E-state index contributed by atoms with van der Waals surface area (Å²) in [6.45, 7) is 11.7. The maximum atomic E-state index is 13.7. The van der Waals surface area contributed by atoms with Crippen molar-refractivity contribution in [3.05, 3.63) is 42.5 Å². The van der Waals surface area contributed by atoms with Crippen LogP contribution in [0.4, 0.5) is 0 Å². The van der Waals surface area contributed by atoms with Gasteiger partial charge in [-0.05, 0) is 34.8 Å². The monoisotopic (exact) mass is 491 g/mol. The van der Waals surface area contributed by atoms with Crippen molar-refractivity contribution in [3.63, 3.8) is 0 Å². The van der Waals surface area contributed by atoms with Crippen LogP contribution in [0.5, 0.6) is 0 Å². The van der Waals surface area contributed by atoms with Gasteiger partial charge in [0.25, 0.3) is 0 Å². The molecule has 1 saturated carbocycles. The number of likely N-dealkylation sites (tertiary alicyclic amines) is 1. The fourth-order valence-electron chi connectivity index (χ4n) is 5.40. The molecule has 1 aliphatic carbocycles. The Kier molecular flexibility index (Phi) is 6.37. The highest BCUT2D eigenvalue weighted by atomic mass is 16.2. The highest BCUT2D eigenvalue weighted by molar-refractivity contribution is 5.94. The van der Waals surface area contributed by atoms with Gasteiger partial charge in [-0.15, -0.1) is 0 Å². The van der Waals surface area contributed by atoms with Crippen LogP contribution in [0.1, 0.15) is 53.1 Å². The third kappa shape index (κ3) is 4.57. The summed E-state index contributed by atoms with van der Waals surface area (Å²) in [5, 5.41) is 19.7. The Labute approximate surface area is 211 Å². The normalized spacial score (nSPS) is 23.7. The van der Waals surface area contributed by atoms with Crippen LogP contribution in [-0.2, 0) is 14.4 Å². The smallest absolute Gasteiger partial charge is 0.246 e. The van der Waals surface area contributed by atoms with Crippen molar-refractivity contribution in [3.8, 4) is 11.8 Å². The van der Waals surface area contributed by atoms with E-state index < -0.39 is 23.5 Å². The summed E-state index contributed by atoms with van der Waals surface area (Å²) in [7, 11) is 0. The molecule has 2 fully saturated rings. The van der Waals surface area contributed by atoms with Gasteiger partial charge in [0.1, 0.15) is 18.1 Å².